The number of aliphatic hydroxyl groups excluding tert-OH is 3. The molecule has 0 bridgehead atoms. The van der Waals surface area contributed by atoms with Gasteiger partial charge in [0, 0.05) is 17.7 Å². The minimum Gasteiger partial charge on any atom is -0.396 e. The van der Waals surface area contributed by atoms with E-state index in [9.17, 15) is 24.9 Å². The van der Waals surface area contributed by atoms with E-state index in [1.165, 1.54) is 16.8 Å². The van der Waals surface area contributed by atoms with Crippen molar-refractivity contribution in [2.24, 2.45) is 5.41 Å². The lowest BCUT2D eigenvalue weighted by atomic mass is 9.87. The van der Waals surface area contributed by atoms with Gasteiger partial charge in [0.25, 0.3) is 5.56 Å². The van der Waals surface area contributed by atoms with Gasteiger partial charge in [-0.2, -0.15) is 0 Å². The molecule has 0 aromatic carbocycles. The van der Waals surface area contributed by atoms with E-state index >= 15 is 0 Å². The van der Waals surface area contributed by atoms with Gasteiger partial charge in [-0.1, -0.05) is 6.92 Å². The largest absolute Gasteiger partial charge is 0.396 e. The van der Waals surface area contributed by atoms with E-state index in [4.69, 9.17) is 0 Å². The second kappa shape index (κ2) is 4.34. The van der Waals surface area contributed by atoms with Crippen molar-refractivity contribution in [3.63, 3.8) is 0 Å². The minimum atomic E-state index is -1.16. The molecule has 4 N–H and O–H groups in total. The van der Waals surface area contributed by atoms with Gasteiger partial charge in [-0.15, -0.1) is 0 Å². The average Bonchev–Trinajstić information content (AvgIpc) is 2.55. The summed E-state index contributed by atoms with van der Waals surface area (Å²) in [6.45, 7) is 1.34. The molecule has 7 nitrogen and oxygen atoms in total. The van der Waals surface area contributed by atoms with Gasteiger partial charge in [0.1, 0.15) is 6.10 Å². The molecule has 0 spiro atoms. The fraction of sp³-hybridized carbons (Fsp3) is 0.636. The molecule has 1 heterocycles. The first kappa shape index (κ1) is 13.0. The van der Waals surface area contributed by atoms with Crippen molar-refractivity contribution in [2.75, 3.05) is 6.61 Å². The second-order valence-corrected chi connectivity index (χ2v) is 5.04. The Morgan fingerprint density at radius 3 is 2.67 bits per heavy atom. The molecule has 1 fully saturated rings. The van der Waals surface area contributed by atoms with Crippen LogP contribution in [0.4, 0.5) is 0 Å². The molecular weight excluding hydrogens is 240 g/mol. The molecule has 1 saturated carbocycles. The standard InChI is InChI=1S/C11H16N2O5/c1-11(5-14)4-6(8(16)9(11)17)13-3-2-7(15)12-10(13)18/h2-3,6,8-9,14,16-17H,4-5H2,1H3,(H,12,15,18)/t6-,8+,9+,11-/m1/s1. The zero-order chi connectivity index (χ0) is 13.5. The molecule has 18 heavy (non-hydrogen) atoms. The van der Waals surface area contributed by atoms with Crippen molar-refractivity contribution < 1.29 is 15.3 Å². The average molecular weight is 256 g/mol. The maximum absolute atomic E-state index is 11.6. The highest BCUT2D eigenvalue weighted by molar-refractivity contribution is 5.03. The minimum absolute atomic E-state index is 0.248. The summed E-state index contributed by atoms with van der Waals surface area (Å²) in [6.07, 6.45) is -0.750. The number of nitrogens with zero attached hydrogens (tertiary/aromatic N) is 1. The van der Waals surface area contributed by atoms with Gasteiger partial charge >= 0.3 is 5.69 Å². The van der Waals surface area contributed by atoms with Crippen LogP contribution in [0.3, 0.4) is 0 Å². The molecule has 0 unspecified atom stereocenters. The summed E-state index contributed by atoms with van der Waals surface area (Å²) in [5, 5.41) is 29.1. The number of hydrogen-bond acceptors (Lipinski definition) is 5. The lowest BCUT2D eigenvalue weighted by Gasteiger charge is -2.25. The highest BCUT2D eigenvalue weighted by Gasteiger charge is 2.50. The van der Waals surface area contributed by atoms with Crippen molar-refractivity contribution in [2.45, 2.75) is 31.6 Å². The highest BCUT2D eigenvalue weighted by atomic mass is 16.3. The molecule has 4 atom stereocenters. The fourth-order valence-corrected chi connectivity index (χ4v) is 2.45. The third-order valence-electron chi connectivity index (χ3n) is 3.68. The zero-order valence-corrected chi connectivity index (χ0v) is 9.91. The highest BCUT2D eigenvalue weighted by Crippen LogP contribution is 2.43. The second-order valence-electron chi connectivity index (χ2n) is 5.04. The van der Waals surface area contributed by atoms with Crippen LogP contribution in [0.15, 0.2) is 21.9 Å². The third kappa shape index (κ3) is 1.90. The van der Waals surface area contributed by atoms with Crippen LogP contribution in [0.5, 0.6) is 0 Å². The predicted octanol–water partition coefficient (Wildman–Crippen LogP) is -1.80. The van der Waals surface area contributed by atoms with Crippen molar-refractivity contribution in [3.8, 4) is 0 Å². The van der Waals surface area contributed by atoms with Crippen LogP contribution in [0.1, 0.15) is 19.4 Å². The Morgan fingerprint density at radius 1 is 1.50 bits per heavy atom. The maximum atomic E-state index is 11.6. The summed E-state index contributed by atoms with van der Waals surface area (Å²) in [6, 6.07) is 0.510. The number of aliphatic hydroxyl groups is 3. The van der Waals surface area contributed by atoms with E-state index in [1.807, 2.05) is 0 Å². The summed E-state index contributed by atoms with van der Waals surface area (Å²) in [5.74, 6) is 0. The van der Waals surface area contributed by atoms with Gasteiger partial charge in [-0.05, 0) is 6.42 Å². The topological polar surface area (TPSA) is 116 Å². The number of H-pyrrole nitrogens is 1. The summed E-state index contributed by atoms with van der Waals surface area (Å²) in [7, 11) is 0. The molecule has 0 saturated heterocycles. The summed E-state index contributed by atoms with van der Waals surface area (Å²) in [4.78, 5) is 24.7. The van der Waals surface area contributed by atoms with Gasteiger partial charge in [-0.25, -0.2) is 4.79 Å². The SMILES string of the molecule is C[C@]1(CO)C[C@@H](n2ccc(=O)[nH]c2=O)[C@H](O)[C@@H]1O. The Bertz CT molecular complexity index is 551. The van der Waals surface area contributed by atoms with Crippen molar-refractivity contribution in [1.82, 2.24) is 9.55 Å². The van der Waals surface area contributed by atoms with Gasteiger partial charge in [0.05, 0.1) is 18.8 Å². The summed E-state index contributed by atoms with van der Waals surface area (Å²) < 4.78 is 1.18. The van der Waals surface area contributed by atoms with E-state index in [1.54, 1.807) is 6.92 Å². The van der Waals surface area contributed by atoms with Crippen LogP contribution in [0.2, 0.25) is 0 Å². The Balaban J connectivity index is 2.41. The van der Waals surface area contributed by atoms with Crippen molar-refractivity contribution in [3.05, 3.63) is 33.1 Å². The summed E-state index contributed by atoms with van der Waals surface area (Å²) >= 11 is 0. The van der Waals surface area contributed by atoms with E-state index < -0.39 is 34.9 Å². The fourth-order valence-electron chi connectivity index (χ4n) is 2.45. The van der Waals surface area contributed by atoms with Crippen LogP contribution in [-0.2, 0) is 0 Å². The molecule has 0 radical (unpaired) electrons. The summed E-state index contributed by atoms with van der Waals surface area (Å²) in [5.41, 5.74) is -2.02. The predicted molar refractivity (Wildman–Crippen MR) is 62.2 cm³/mol. The van der Waals surface area contributed by atoms with E-state index in [0.29, 0.717) is 0 Å². The van der Waals surface area contributed by atoms with Gasteiger partial charge < -0.3 is 15.3 Å². The van der Waals surface area contributed by atoms with Crippen LogP contribution < -0.4 is 11.2 Å². The molecular formula is C11H16N2O5. The molecule has 1 aliphatic rings. The van der Waals surface area contributed by atoms with Gasteiger partial charge in [0.15, 0.2) is 0 Å². The molecule has 1 aromatic rings. The van der Waals surface area contributed by atoms with E-state index in [0.717, 1.165) is 0 Å². The first-order valence-corrected chi connectivity index (χ1v) is 5.67. The maximum Gasteiger partial charge on any atom is 0.328 e. The first-order valence-electron chi connectivity index (χ1n) is 5.67. The monoisotopic (exact) mass is 256 g/mol. The lowest BCUT2D eigenvalue weighted by Crippen LogP contribution is -2.38. The molecule has 0 aliphatic heterocycles. The van der Waals surface area contributed by atoms with Crippen LogP contribution in [0, 0.1) is 5.41 Å². The number of nitrogens with one attached hydrogen (secondary N) is 1. The van der Waals surface area contributed by atoms with Crippen LogP contribution in [0.25, 0.3) is 0 Å². The Kier molecular flexibility index (Phi) is 3.14. The van der Waals surface area contributed by atoms with Gasteiger partial charge in [0.2, 0.25) is 0 Å². The zero-order valence-electron chi connectivity index (χ0n) is 9.91. The first-order chi connectivity index (χ1) is 8.39. The molecule has 100 valence electrons. The molecule has 7 heteroatoms. The molecule has 1 aromatic heterocycles. The molecule has 1 aliphatic carbocycles. The smallest absolute Gasteiger partial charge is 0.328 e. The molecule has 0 amide bonds. The third-order valence-corrected chi connectivity index (χ3v) is 3.68. The number of hydrogen-bond donors (Lipinski definition) is 4. The van der Waals surface area contributed by atoms with Crippen molar-refractivity contribution in [1.29, 1.82) is 0 Å². The normalized spacial score (nSPS) is 35.9. The van der Waals surface area contributed by atoms with Crippen LogP contribution in [-0.4, -0.2) is 43.7 Å². The number of aromatic amines is 1. The Labute approximate surface area is 102 Å². The molecule has 2 rings (SSSR count). The Hall–Kier alpha value is -1.44. The van der Waals surface area contributed by atoms with Crippen molar-refractivity contribution >= 4 is 0 Å². The van der Waals surface area contributed by atoms with E-state index in [2.05, 4.69) is 4.98 Å². The Morgan fingerprint density at radius 2 is 2.17 bits per heavy atom. The number of aromatic nitrogens is 2. The van der Waals surface area contributed by atoms with Gasteiger partial charge in [-0.3, -0.25) is 14.3 Å². The number of rotatable bonds is 2. The quantitative estimate of drug-likeness (QED) is 0.498. The van der Waals surface area contributed by atoms with E-state index in [-0.39, 0.29) is 13.0 Å². The van der Waals surface area contributed by atoms with Crippen LogP contribution >= 0.6 is 0 Å². The lowest BCUT2D eigenvalue weighted by molar-refractivity contribution is -0.0407.